The molecule has 13 heavy (non-hydrogen) atoms. The normalized spacial score (nSPS) is 12.5. The molecular weight excluding hydrogens is 172 g/mol. The summed E-state index contributed by atoms with van der Waals surface area (Å²) in [6, 6.07) is -0.117. The molecule has 0 saturated carbocycles. The Kier molecular flexibility index (Phi) is 7.57. The highest BCUT2D eigenvalue weighted by molar-refractivity contribution is 5.76. The lowest BCUT2D eigenvalue weighted by atomic mass is 10.2. The maximum Gasteiger partial charge on any atom is 0.221 e. The summed E-state index contributed by atoms with van der Waals surface area (Å²) in [6.07, 6.45) is 0.815. The number of methoxy groups -OCH3 is 1. The number of carbonyl (C=O) groups excluding carboxylic acids is 1. The number of carbonyl (C=O) groups is 1. The maximum absolute atomic E-state index is 11.1. The Hall–Kier alpha value is -0.650. The van der Waals surface area contributed by atoms with E-state index in [0.717, 1.165) is 0 Å². The molecule has 0 aliphatic carbocycles. The van der Waals surface area contributed by atoms with E-state index in [4.69, 9.17) is 15.6 Å². The van der Waals surface area contributed by atoms with Crippen molar-refractivity contribution in [3.8, 4) is 0 Å². The molecule has 78 valence electrons. The molecule has 5 nitrogen and oxygen atoms in total. The lowest BCUT2D eigenvalue weighted by molar-refractivity contribution is -0.122. The van der Waals surface area contributed by atoms with Gasteiger partial charge in [-0.1, -0.05) is 0 Å². The molecule has 0 aromatic heterocycles. The average molecular weight is 190 g/mol. The second kappa shape index (κ2) is 7.97. The van der Waals surface area contributed by atoms with E-state index in [-0.39, 0.29) is 18.6 Å². The van der Waals surface area contributed by atoms with E-state index in [9.17, 15) is 4.79 Å². The number of ether oxygens (including phenoxy) is 1. The first-order chi connectivity index (χ1) is 6.24. The van der Waals surface area contributed by atoms with Crippen molar-refractivity contribution in [3.05, 3.63) is 0 Å². The molecule has 0 aliphatic heterocycles. The monoisotopic (exact) mass is 190 g/mol. The van der Waals surface area contributed by atoms with E-state index in [1.807, 2.05) is 0 Å². The van der Waals surface area contributed by atoms with Crippen LogP contribution in [0, 0.1) is 0 Å². The third kappa shape index (κ3) is 6.51. The van der Waals surface area contributed by atoms with Crippen LogP contribution in [0.25, 0.3) is 0 Å². The first kappa shape index (κ1) is 12.3. The molecule has 0 aromatic carbocycles. The summed E-state index contributed by atoms with van der Waals surface area (Å²) in [6.45, 7) is 0.790. The lowest BCUT2D eigenvalue weighted by Gasteiger charge is -2.16. The summed E-state index contributed by atoms with van der Waals surface area (Å²) in [5.41, 5.74) is 5.21. The molecule has 0 radical (unpaired) electrons. The number of aliphatic hydroxyl groups excluding tert-OH is 1. The minimum absolute atomic E-state index is 0.0386. The van der Waals surface area contributed by atoms with Crippen LogP contribution in [0.1, 0.15) is 12.8 Å². The van der Waals surface area contributed by atoms with E-state index in [0.29, 0.717) is 26.0 Å². The molecular formula is C8H18N2O3. The zero-order chi connectivity index (χ0) is 10.1. The Bertz CT molecular complexity index is 135. The third-order valence-corrected chi connectivity index (χ3v) is 1.58. The zero-order valence-corrected chi connectivity index (χ0v) is 7.95. The number of rotatable bonds is 7. The van der Waals surface area contributed by atoms with E-state index < -0.39 is 0 Å². The van der Waals surface area contributed by atoms with Crippen LogP contribution in [0.5, 0.6) is 0 Å². The summed E-state index contributed by atoms with van der Waals surface area (Å²) in [5, 5.41) is 11.4. The van der Waals surface area contributed by atoms with Gasteiger partial charge in [-0.15, -0.1) is 0 Å². The number of hydrogen-bond donors (Lipinski definition) is 3. The van der Waals surface area contributed by atoms with Gasteiger partial charge in [-0.2, -0.15) is 0 Å². The van der Waals surface area contributed by atoms with Gasteiger partial charge in [0.15, 0.2) is 0 Å². The topological polar surface area (TPSA) is 84.6 Å². The molecule has 0 saturated heterocycles. The van der Waals surface area contributed by atoms with Gasteiger partial charge in [0.2, 0.25) is 5.91 Å². The summed E-state index contributed by atoms with van der Waals surface area (Å²) >= 11 is 0. The molecule has 1 amide bonds. The van der Waals surface area contributed by atoms with Crippen LogP contribution in [-0.4, -0.2) is 43.9 Å². The summed E-state index contributed by atoms with van der Waals surface area (Å²) in [4.78, 5) is 11.1. The summed E-state index contributed by atoms with van der Waals surface area (Å²) < 4.78 is 4.88. The zero-order valence-electron chi connectivity index (χ0n) is 7.95. The second-order valence-corrected chi connectivity index (χ2v) is 2.77. The third-order valence-electron chi connectivity index (χ3n) is 1.58. The Labute approximate surface area is 78.3 Å². The summed E-state index contributed by atoms with van der Waals surface area (Å²) in [7, 11) is 1.56. The molecule has 0 aliphatic rings. The van der Waals surface area contributed by atoms with E-state index in [1.54, 1.807) is 7.11 Å². The van der Waals surface area contributed by atoms with Crippen molar-refractivity contribution in [2.75, 3.05) is 26.9 Å². The fourth-order valence-electron chi connectivity index (χ4n) is 0.985. The highest BCUT2D eigenvalue weighted by atomic mass is 16.5. The Morgan fingerprint density at radius 1 is 1.69 bits per heavy atom. The first-order valence-electron chi connectivity index (χ1n) is 4.33. The van der Waals surface area contributed by atoms with Crippen LogP contribution in [0.4, 0.5) is 0 Å². The molecule has 0 bridgehead atoms. The minimum atomic E-state index is -0.117. The fourth-order valence-corrected chi connectivity index (χ4v) is 0.985. The second-order valence-electron chi connectivity index (χ2n) is 2.77. The highest BCUT2D eigenvalue weighted by Gasteiger charge is 2.10. The smallest absolute Gasteiger partial charge is 0.221 e. The highest BCUT2D eigenvalue weighted by Crippen LogP contribution is 1.92. The average Bonchev–Trinajstić information content (AvgIpc) is 2.05. The van der Waals surface area contributed by atoms with Gasteiger partial charge in [-0.3, -0.25) is 4.79 Å². The van der Waals surface area contributed by atoms with Gasteiger partial charge in [0.05, 0.1) is 12.6 Å². The SMILES string of the molecule is COCC(CCO)NC(=O)CCN. The molecule has 0 spiro atoms. The van der Waals surface area contributed by atoms with Crippen molar-refractivity contribution >= 4 is 5.91 Å². The van der Waals surface area contributed by atoms with Crippen LogP contribution in [0.3, 0.4) is 0 Å². The number of hydrogen-bond acceptors (Lipinski definition) is 4. The number of aliphatic hydroxyl groups is 1. The Morgan fingerprint density at radius 2 is 2.38 bits per heavy atom. The van der Waals surface area contributed by atoms with Crippen LogP contribution in [-0.2, 0) is 9.53 Å². The molecule has 0 fully saturated rings. The maximum atomic E-state index is 11.1. The van der Waals surface area contributed by atoms with Gasteiger partial charge in [0.25, 0.3) is 0 Å². The molecule has 0 aromatic rings. The predicted molar refractivity (Wildman–Crippen MR) is 49.2 cm³/mol. The van der Waals surface area contributed by atoms with E-state index in [1.165, 1.54) is 0 Å². The van der Waals surface area contributed by atoms with Gasteiger partial charge in [0, 0.05) is 26.7 Å². The molecule has 0 heterocycles. The van der Waals surface area contributed by atoms with Crippen LogP contribution < -0.4 is 11.1 Å². The van der Waals surface area contributed by atoms with Crippen molar-refractivity contribution in [2.45, 2.75) is 18.9 Å². The minimum Gasteiger partial charge on any atom is -0.396 e. The van der Waals surface area contributed by atoms with Gasteiger partial charge >= 0.3 is 0 Å². The molecule has 0 rings (SSSR count). The molecule has 1 atom stereocenters. The van der Waals surface area contributed by atoms with Crippen LogP contribution in [0.2, 0.25) is 0 Å². The van der Waals surface area contributed by atoms with Crippen LogP contribution in [0.15, 0.2) is 0 Å². The van der Waals surface area contributed by atoms with Crippen molar-refractivity contribution in [3.63, 3.8) is 0 Å². The van der Waals surface area contributed by atoms with Gasteiger partial charge in [0.1, 0.15) is 0 Å². The number of amides is 1. The van der Waals surface area contributed by atoms with Crippen molar-refractivity contribution < 1.29 is 14.6 Å². The van der Waals surface area contributed by atoms with E-state index in [2.05, 4.69) is 5.32 Å². The van der Waals surface area contributed by atoms with Crippen molar-refractivity contribution in [2.24, 2.45) is 5.73 Å². The predicted octanol–water partition coefficient (Wildman–Crippen LogP) is -1.15. The Balaban J connectivity index is 3.71. The Morgan fingerprint density at radius 3 is 2.85 bits per heavy atom. The molecule has 1 unspecified atom stereocenters. The van der Waals surface area contributed by atoms with Crippen molar-refractivity contribution in [1.29, 1.82) is 0 Å². The molecule has 5 heteroatoms. The van der Waals surface area contributed by atoms with Crippen molar-refractivity contribution in [1.82, 2.24) is 5.32 Å². The number of nitrogens with two attached hydrogens (primary N) is 1. The first-order valence-corrected chi connectivity index (χ1v) is 4.33. The fraction of sp³-hybridized carbons (Fsp3) is 0.875. The van der Waals surface area contributed by atoms with Gasteiger partial charge in [-0.05, 0) is 6.42 Å². The largest absolute Gasteiger partial charge is 0.396 e. The lowest BCUT2D eigenvalue weighted by Crippen LogP contribution is -2.39. The van der Waals surface area contributed by atoms with Crippen LogP contribution >= 0.6 is 0 Å². The standard InChI is InChI=1S/C8H18N2O3/c1-13-6-7(3-5-11)10-8(12)2-4-9/h7,11H,2-6,9H2,1H3,(H,10,12). The molecule has 4 N–H and O–H groups in total. The number of nitrogens with one attached hydrogen (secondary N) is 1. The van der Waals surface area contributed by atoms with E-state index >= 15 is 0 Å². The quantitative estimate of drug-likeness (QED) is 0.473. The van der Waals surface area contributed by atoms with Gasteiger partial charge < -0.3 is 20.9 Å². The van der Waals surface area contributed by atoms with Gasteiger partial charge in [-0.25, -0.2) is 0 Å². The summed E-state index contributed by atoms with van der Waals surface area (Å²) in [5.74, 6) is -0.0991.